The minimum atomic E-state index is 0.438. The van der Waals surface area contributed by atoms with Gasteiger partial charge in [0.1, 0.15) is 6.07 Å². The smallest absolute Gasteiger partial charge is 0.101 e. The Labute approximate surface area is 128 Å². The van der Waals surface area contributed by atoms with Crippen LogP contribution < -0.4 is 10.2 Å². The fourth-order valence-electron chi connectivity index (χ4n) is 2.15. The molecule has 0 fully saturated rings. The van der Waals surface area contributed by atoms with Crippen LogP contribution in [0.4, 0.5) is 5.69 Å². The van der Waals surface area contributed by atoms with Crippen LogP contribution in [0.2, 0.25) is 0 Å². The Morgan fingerprint density at radius 2 is 2.10 bits per heavy atom. The number of nitriles is 1. The molecule has 0 heterocycles. The summed E-state index contributed by atoms with van der Waals surface area (Å²) in [6.07, 6.45) is 0. The predicted molar refractivity (Wildman–Crippen MR) is 87.5 cm³/mol. The van der Waals surface area contributed by atoms with Crippen molar-refractivity contribution in [2.45, 2.75) is 40.3 Å². The molecule has 0 atom stereocenters. The Bertz CT molecular complexity index is 466. The van der Waals surface area contributed by atoms with Crippen molar-refractivity contribution in [1.29, 1.82) is 5.26 Å². The summed E-state index contributed by atoms with van der Waals surface area (Å²) in [5.41, 5.74) is 2.87. The number of anilines is 1. The average Bonchev–Trinajstić information content (AvgIpc) is 2.49. The van der Waals surface area contributed by atoms with E-state index in [1.807, 2.05) is 19.1 Å². The topological polar surface area (TPSA) is 48.3 Å². The van der Waals surface area contributed by atoms with Crippen LogP contribution in [0.25, 0.3) is 0 Å². The van der Waals surface area contributed by atoms with E-state index in [0.717, 1.165) is 43.1 Å². The lowest BCUT2D eigenvalue weighted by atomic mass is 10.1. The van der Waals surface area contributed by atoms with Crippen molar-refractivity contribution in [3.05, 3.63) is 29.3 Å². The van der Waals surface area contributed by atoms with E-state index >= 15 is 0 Å². The summed E-state index contributed by atoms with van der Waals surface area (Å²) in [5.74, 6) is 0. The van der Waals surface area contributed by atoms with Gasteiger partial charge in [-0.15, -0.1) is 0 Å². The van der Waals surface area contributed by atoms with Crippen molar-refractivity contribution in [2.24, 2.45) is 0 Å². The van der Waals surface area contributed by atoms with Gasteiger partial charge in [-0.3, -0.25) is 0 Å². The van der Waals surface area contributed by atoms with Gasteiger partial charge >= 0.3 is 0 Å². The highest BCUT2D eigenvalue weighted by atomic mass is 16.5. The van der Waals surface area contributed by atoms with Gasteiger partial charge in [0.2, 0.25) is 0 Å². The molecule has 0 aliphatic heterocycles. The summed E-state index contributed by atoms with van der Waals surface area (Å²) < 4.78 is 5.41. The fourth-order valence-corrected chi connectivity index (χ4v) is 2.15. The summed E-state index contributed by atoms with van der Waals surface area (Å²) in [7, 11) is 0. The van der Waals surface area contributed by atoms with Crippen LogP contribution >= 0.6 is 0 Å². The molecule has 0 bridgehead atoms. The summed E-state index contributed by atoms with van der Waals surface area (Å²) in [4.78, 5) is 2.19. The maximum atomic E-state index is 9.41. The monoisotopic (exact) mass is 289 g/mol. The van der Waals surface area contributed by atoms with Crippen LogP contribution in [0, 0.1) is 11.3 Å². The Hall–Kier alpha value is -1.57. The second-order valence-corrected chi connectivity index (χ2v) is 5.28. The van der Waals surface area contributed by atoms with E-state index in [4.69, 9.17) is 4.74 Å². The normalized spacial score (nSPS) is 10.7. The number of hydrogen-bond acceptors (Lipinski definition) is 4. The van der Waals surface area contributed by atoms with Crippen molar-refractivity contribution < 1.29 is 4.74 Å². The van der Waals surface area contributed by atoms with Crippen molar-refractivity contribution in [2.75, 3.05) is 31.2 Å². The number of ether oxygens (including phenoxy) is 1. The molecule has 116 valence electrons. The highest BCUT2D eigenvalue weighted by Gasteiger charge is 2.10. The largest absolute Gasteiger partial charge is 0.380 e. The molecule has 0 spiro atoms. The van der Waals surface area contributed by atoms with E-state index < -0.39 is 0 Å². The van der Waals surface area contributed by atoms with Crippen molar-refractivity contribution in [3.63, 3.8) is 0 Å². The standard InChI is InChI=1S/C17H27N3O/c1-5-20(9-10-21-6-2)17-8-7-15(11-16(17)12-18)13-19-14(3)4/h7-8,11,14,19H,5-6,9-10,13H2,1-4H3. The second-order valence-electron chi connectivity index (χ2n) is 5.28. The van der Waals surface area contributed by atoms with Gasteiger partial charge < -0.3 is 15.0 Å². The molecule has 4 heteroatoms. The molecule has 1 N–H and O–H groups in total. The molecule has 0 aliphatic rings. The highest BCUT2D eigenvalue weighted by molar-refractivity contribution is 5.60. The Morgan fingerprint density at radius 3 is 2.67 bits per heavy atom. The molecule has 0 aromatic heterocycles. The average molecular weight is 289 g/mol. The third-order valence-electron chi connectivity index (χ3n) is 3.33. The van der Waals surface area contributed by atoms with Crippen LogP contribution in [0.15, 0.2) is 18.2 Å². The maximum Gasteiger partial charge on any atom is 0.101 e. The van der Waals surface area contributed by atoms with Gasteiger partial charge in [0, 0.05) is 32.3 Å². The third-order valence-corrected chi connectivity index (χ3v) is 3.33. The number of nitrogens with one attached hydrogen (secondary N) is 1. The van der Waals surface area contributed by atoms with Gasteiger partial charge in [-0.2, -0.15) is 5.26 Å². The van der Waals surface area contributed by atoms with Crippen molar-refractivity contribution in [1.82, 2.24) is 5.32 Å². The zero-order chi connectivity index (χ0) is 15.7. The first-order valence-electron chi connectivity index (χ1n) is 7.71. The molecule has 0 radical (unpaired) electrons. The quantitative estimate of drug-likeness (QED) is 0.710. The first kappa shape index (κ1) is 17.5. The molecule has 1 aromatic carbocycles. The minimum Gasteiger partial charge on any atom is -0.380 e. The van der Waals surface area contributed by atoms with Crippen LogP contribution in [0.3, 0.4) is 0 Å². The van der Waals surface area contributed by atoms with E-state index in [-0.39, 0.29) is 0 Å². The van der Waals surface area contributed by atoms with Crippen LogP contribution in [-0.4, -0.2) is 32.3 Å². The van der Waals surface area contributed by atoms with Gasteiger partial charge in [-0.1, -0.05) is 19.9 Å². The second kappa shape index (κ2) is 9.38. The van der Waals surface area contributed by atoms with Crippen LogP contribution in [-0.2, 0) is 11.3 Å². The SMILES string of the molecule is CCOCCN(CC)c1ccc(CNC(C)C)cc1C#N. The Balaban J connectivity index is 2.83. The van der Waals surface area contributed by atoms with Crippen molar-refractivity contribution in [3.8, 4) is 6.07 Å². The lowest BCUT2D eigenvalue weighted by molar-refractivity contribution is 0.154. The number of benzene rings is 1. The summed E-state index contributed by atoms with van der Waals surface area (Å²) >= 11 is 0. The number of hydrogen-bond donors (Lipinski definition) is 1. The summed E-state index contributed by atoms with van der Waals surface area (Å²) in [6, 6.07) is 8.88. The Morgan fingerprint density at radius 1 is 1.33 bits per heavy atom. The highest BCUT2D eigenvalue weighted by Crippen LogP contribution is 2.21. The maximum absolute atomic E-state index is 9.41. The zero-order valence-electron chi connectivity index (χ0n) is 13.6. The third kappa shape index (κ3) is 5.74. The van der Waals surface area contributed by atoms with Gasteiger partial charge in [0.15, 0.2) is 0 Å². The van der Waals surface area contributed by atoms with Gasteiger partial charge in [-0.25, -0.2) is 0 Å². The molecule has 0 saturated carbocycles. The van der Waals surface area contributed by atoms with Crippen LogP contribution in [0.5, 0.6) is 0 Å². The Kier molecular flexibility index (Phi) is 7.81. The molecular weight excluding hydrogens is 262 g/mol. The fraction of sp³-hybridized carbons (Fsp3) is 0.588. The van der Waals surface area contributed by atoms with E-state index in [9.17, 15) is 5.26 Å². The molecule has 4 nitrogen and oxygen atoms in total. The van der Waals surface area contributed by atoms with Gasteiger partial charge in [-0.05, 0) is 31.5 Å². The van der Waals surface area contributed by atoms with E-state index in [1.165, 1.54) is 0 Å². The van der Waals surface area contributed by atoms with Crippen molar-refractivity contribution >= 4 is 5.69 Å². The summed E-state index contributed by atoms with van der Waals surface area (Å²) in [5, 5.41) is 12.8. The lowest BCUT2D eigenvalue weighted by Gasteiger charge is -2.24. The lowest BCUT2D eigenvalue weighted by Crippen LogP contribution is -2.28. The van der Waals surface area contributed by atoms with Crippen LogP contribution in [0.1, 0.15) is 38.8 Å². The first-order chi connectivity index (χ1) is 10.1. The van der Waals surface area contributed by atoms with Gasteiger partial charge in [0.05, 0.1) is 17.9 Å². The molecule has 1 rings (SSSR count). The summed E-state index contributed by atoms with van der Waals surface area (Å²) in [6.45, 7) is 12.2. The number of rotatable bonds is 9. The molecule has 0 saturated heterocycles. The molecule has 21 heavy (non-hydrogen) atoms. The zero-order valence-corrected chi connectivity index (χ0v) is 13.6. The van der Waals surface area contributed by atoms with E-state index in [2.05, 4.69) is 43.1 Å². The molecule has 0 unspecified atom stereocenters. The number of nitrogens with zero attached hydrogens (tertiary/aromatic N) is 2. The van der Waals surface area contributed by atoms with Gasteiger partial charge in [0.25, 0.3) is 0 Å². The molecular formula is C17H27N3O. The molecule has 1 aromatic rings. The number of likely N-dealkylation sites (N-methyl/N-ethyl adjacent to an activating group) is 1. The minimum absolute atomic E-state index is 0.438. The first-order valence-corrected chi connectivity index (χ1v) is 7.71. The molecule has 0 aliphatic carbocycles. The predicted octanol–water partition coefficient (Wildman–Crippen LogP) is 2.92. The van der Waals surface area contributed by atoms with E-state index in [1.54, 1.807) is 0 Å². The van der Waals surface area contributed by atoms with E-state index in [0.29, 0.717) is 12.6 Å². The molecule has 0 amide bonds.